The third-order valence-electron chi connectivity index (χ3n) is 2.27. The zero-order valence-electron chi connectivity index (χ0n) is 9.27. The van der Waals surface area contributed by atoms with Gasteiger partial charge in [-0.2, -0.15) is 5.26 Å². The second-order valence-corrected chi connectivity index (χ2v) is 4.34. The van der Waals surface area contributed by atoms with E-state index in [2.05, 4.69) is 10.5 Å². The Hall–Kier alpha value is -2.13. The van der Waals surface area contributed by atoms with Crippen molar-refractivity contribution in [1.29, 1.82) is 5.26 Å². The number of nitriles is 1. The smallest absolute Gasteiger partial charge is 0.261 e. The van der Waals surface area contributed by atoms with Gasteiger partial charge >= 0.3 is 0 Å². The van der Waals surface area contributed by atoms with Gasteiger partial charge in [0.1, 0.15) is 22.4 Å². The lowest BCUT2D eigenvalue weighted by atomic mass is 10.2. The molecule has 0 saturated heterocycles. The summed E-state index contributed by atoms with van der Waals surface area (Å²) in [5, 5.41) is 17.5. The van der Waals surface area contributed by atoms with Crippen molar-refractivity contribution in [3.05, 3.63) is 34.0 Å². The van der Waals surface area contributed by atoms with Crippen LogP contribution in [-0.2, 0) is 0 Å². The average molecular weight is 247 g/mol. The minimum Gasteiger partial charge on any atom is -0.361 e. The van der Waals surface area contributed by atoms with Crippen molar-refractivity contribution in [2.24, 2.45) is 0 Å². The number of carbonyl (C=O) groups excluding carboxylic acids is 1. The number of thiophene rings is 1. The Morgan fingerprint density at radius 1 is 1.59 bits per heavy atom. The Morgan fingerprint density at radius 2 is 2.35 bits per heavy atom. The van der Waals surface area contributed by atoms with Crippen LogP contribution in [0.15, 0.2) is 16.0 Å². The van der Waals surface area contributed by atoms with Crippen LogP contribution < -0.4 is 5.32 Å². The highest BCUT2D eigenvalue weighted by Crippen LogP contribution is 2.23. The summed E-state index contributed by atoms with van der Waals surface area (Å²) in [7, 11) is 0. The second kappa shape index (κ2) is 4.39. The minimum atomic E-state index is -0.305. The predicted molar refractivity (Wildman–Crippen MR) is 63.0 cm³/mol. The molecule has 0 saturated carbocycles. The van der Waals surface area contributed by atoms with E-state index in [0.29, 0.717) is 27.6 Å². The van der Waals surface area contributed by atoms with Crippen LogP contribution in [0.25, 0.3) is 0 Å². The SMILES string of the molecule is Cc1noc(C)c1C(=O)Nc1sccc1C#N. The normalized spacial score (nSPS) is 9.94. The lowest BCUT2D eigenvalue weighted by Crippen LogP contribution is -2.13. The van der Waals surface area contributed by atoms with Crippen LogP contribution in [0.2, 0.25) is 0 Å². The number of hydrogen-bond donors (Lipinski definition) is 1. The number of aryl methyl sites for hydroxylation is 2. The molecule has 0 atom stereocenters. The number of aromatic nitrogens is 1. The van der Waals surface area contributed by atoms with Crippen LogP contribution >= 0.6 is 11.3 Å². The molecule has 17 heavy (non-hydrogen) atoms. The third kappa shape index (κ3) is 2.05. The zero-order chi connectivity index (χ0) is 12.4. The van der Waals surface area contributed by atoms with Crippen LogP contribution in [-0.4, -0.2) is 11.1 Å². The van der Waals surface area contributed by atoms with Crippen LogP contribution in [0.4, 0.5) is 5.00 Å². The summed E-state index contributed by atoms with van der Waals surface area (Å²) in [6.07, 6.45) is 0. The summed E-state index contributed by atoms with van der Waals surface area (Å²) in [5.41, 5.74) is 1.41. The Morgan fingerprint density at radius 3 is 2.94 bits per heavy atom. The molecule has 0 aromatic carbocycles. The lowest BCUT2D eigenvalue weighted by molar-refractivity contribution is 0.102. The van der Waals surface area contributed by atoms with Gasteiger partial charge in [0.2, 0.25) is 0 Å². The largest absolute Gasteiger partial charge is 0.361 e. The molecule has 86 valence electrons. The maximum absolute atomic E-state index is 12.0. The highest BCUT2D eigenvalue weighted by molar-refractivity contribution is 7.14. The van der Waals surface area contributed by atoms with Crippen molar-refractivity contribution in [2.45, 2.75) is 13.8 Å². The van der Waals surface area contributed by atoms with E-state index < -0.39 is 0 Å². The molecule has 5 nitrogen and oxygen atoms in total. The van der Waals surface area contributed by atoms with E-state index in [4.69, 9.17) is 9.78 Å². The monoisotopic (exact) mass is 247 g/mol. The Balaban J connectivity index is 2.27. The first-order valence-electron chi connectivity index (χ1n) is 4.85. The maximum atomic E-state index is 12.0. The first-order chi connectivity index (χ1) is 8.13. The first-order valence-corrected chi connectivity index (χ1v) is 5.73. The molecule has 6 heteroatoms. The van der Waals surface area contributed by atoms with Gasteiger partial charge in [-0.05, 0) is 25.3 Å². The topological polar surface area (TPSA) is 78.9 Å². The maximum Gasteiger partial charge on any atom is 0.261 e. The van der Waals surface area contributed by atoms with Crippen molar-refractivity contribution >= 4 is 22.2 Å². The van der Waals surface area contributed by atoms with Gasteiger partial charge in [-0.3, -0.25) is 4.79 Å². The van der Waals surface area contributed by atoms with Crippen LogP contribution in [0.1, 0.15) is 27.4 Å². The Labute approximate surface area is 102 Å². The van der Waals surface area contributed by atoms with E-state index in [1.807, 2.05) is 6.07 Å². The van der Waals surface area contributed by atoms with Crippen molar-refractivity contribution in [3.63, 3.8) is 0 Å². The average Bonchev–Trinajstić information content (AvgIpc) is 2.85. The zero-order valence-corrected chi connectivity index (χ0v) is 10.1. The molecule has 1 amide bonds. The van der Waals surface area contributed by atoms with E-state index in [-0.39, 0.29) is 5.91 Å². The molecule has 2 heterocycles. The standard InChI is InChI=1S/C11H9N3O2S/c1-6-9(7(2)16-14-6)10(15)13-11-8(5-12)3-4-17-11/h3-4H,1-2H3,(H,13,15). The number of amides is 1. The molecule has 1 N–H and O–H groups in total. The summed E-state index contributed by atoms with van der Waals surface area (Å²) in [4.78, 5) is 12.0. The molecule has 0 radical (unpaired) electrons. The Kier molecular flexibility index (Phi) is 2.93. The molecule has 0 fully saturated rings. The van der Waals surface area contributed by atoms with E-state index in [1.165, 1.54) is 11.3 Å². The summed E-state index contributed by atoms with van der Waals surface area (Å²) in [5.74, 6) is 0.162. The first kappa shape index (κ1) is 11.4. The Bertz CT molecular complexity index is 587. The predicted octanol–water partition coefficient (Wildman–Crippen LogP) is 2.48. The third-order valence-corrected chi connectivity index (χ3v) is 3.10. The van der Waals surface area contributed by atoms with E-state index in [1.54, 1.807) is 25.3 Å². The second-order valence-electron chi connectivity index (χ2n) is 3.43. The number of anilines is 1. The van der Waals surface area contributed by atoms with E-state index in [9.17, 15) is 4.79 Å². The van der Waals surface area contributed by atoms with Crippen molar-refractivity contribution < 1.29 is 9.32 Å². The quantitative estimate of drug-likeness (QED) is 0.884. The lowest BCUT2D eigenvalue weighted by Gasteiger charge is -2.01. The number of nitrogens with zero attached hydrogens (tertiary/aromatic N) is 2. The van der Waals surface area contributed by atoms with Gasteiger partial charge in [-0.25, -0.2) is 0 Å². The number of hydrogen-bond acceptors (Lipinski definition) is 5. The van der Waals surface area contributed by atoms with Gasteiger partial charge < -0.3 is 9.84 Å². The molecule has 2 rings (SSSR count). The van der Waals surface area contributed by atoms with Gasteiger partial charge in [0, 0.05) is 0 Å². The van der Waals surface area contributed by atoms with Gasteiger partial charge in [-0.15, -0.1) is 11.3 Å². The van der Waals surface area contributed by atoms with Gasteiger partial charge in [-0.1, -0.05) is 5.16 Å². The molecular formula is C11H9N3O2S. The molecule has 0 aliphatic rings. The van der Waals surface area contributed by atoms with Crippen LogP contribution in [0.5, 0.6) is 0 Å². The van der Waals surface area contributed by atoms with Crippen molar-refractivity contribution in [1.82, 2.24) is 5.16 Å². The van der Waals surface area contributed by atoms with Crippen molar-refractivity contribution in [3.8, 4) is 6.07 Å². The van der Waals surface area contributed by atoms with Gasteiger partial charge in [0.15, 0.2) is 0 Å². The highest BCUT2D eigenvalue weighted by Gasteiger charge is 2.18. The fourth-order valence-corrected chi connectivity index (χ4v) is 2.20. The molecule has 0 spiro atoms. The molecular weight excluding hydrogens is 238 g/mol. The molecule has 2 aromatic rings. The summed E-state index contributed by atoms with van der Waals surface area (Å²) < 4.78 is 4.92. The number of rotatable bonds is 2. The summed E-state index contributed by atoms with van der Waals surface area (Å²) >= 11 is 1.31. The summed E-state index contributed by atoms with van der Waals surface area (Å²) in [6, 6.07) is 3.67. The van der Waals surface area contributed by atoms with Crippen molar-refractivity contribution in [2.75, 3.05) is 5.32 Å². The van der Waals surface area contributed by atoms with E-state index in [0.717, 1.165) is 0 Å². The molecule has 0 bridgehead atoms. The molecule has 0 aliphatic heterocycles. The number of carbonyl (C=O) groups is 1. The van der Waals surface area contributed by atoms with Gasteiger partial charge in [0.05, 0.1) is 11.3 Å². The highest BCUT2D eigenvalue weighted by atomic mass is 32.1. The van der Waals surface area contributed by atoms with Crippen LogP contribution in [0, 0.1) is 25.2 Å². The molecule has 0 aliphatic carbocycles. The van der Waals surface area contributed by atoms with E-state index >= 15 is 0 Å². The number of nitrogens with one attached hydrogen (secondary N) is 1. The fraction of sp³-hybridized carbons (Fsp3) is 0.182. The summed E-state index contributed by atoms with van der Waals surface area (Å²) in [6.45, 7) is 3.37. The molecule has 0 unspecified atom stereocenters. The fourth-order valence-electron chi connectivity index (χ4n) is 1.47. The minimum absolute atomic E-state index is 0.305. The van der Waals surface area contributed by atoms with Gasteiger partial charge in [0.25, 0.3) is 5.91 Å². The molecule has 2 aromatic heterocycles. The van der Waals surface area contributed by atoms with Crippen LogP contribution in [0.3, 0.4) is 0 Å².